The standard InChI is InChI=1S/C11H18O2/c1-4-5-6-7-8-9-10(2)11(12)13-3/h7-9H,4-6H2,1-3H3/b8-7-,10-9+. The van der Waals surface area contributed by atoms with Crippen molar-refractivity contribution in [1.82, 2.24) is 0 Å². The third-order valence-electron chi connectivity index (χ3n) is 1.71. The normalized spacial score (nSPS) is 12.1. The molecule has 0 aliphatic rings. The van der Waals surface area contributed by atoms with Crippen molar-refractivity contribution in [1.29, 1.82) is 0 Å². The van der Waals surface area contributed by atoms with Crippen LogP contribution in [0.3, 0.4) is 0 Å². The van der Waals surface area contributed by atoms with Crippen LogP contribution in [-0.4, -0.2) is 13.1 Å². The van der Waals surface area contributed by atoms with Gasteiger partial charge in [0.1, 0.15) is 0 Å². The van der Waals surface area contributed by atoms with Crippen LogP contribution in [0.25, 0.3) is 0 Å². The molecule has 74 valence electrons. The zero-order valence-electron chi connectivity index (χ0n) is 8.67. The van der Waals surface area contributed by atoms with Gasteiger partial charge in [-0.05, 0) is 13.3 Å². The maximum atomic E-state index is 10.9. The van der Waals surface area contributed by atoms with Crippen LogP contribution < -0.4 is 0 Å². The Labute approximate surface area is 80.3 Å². The van der Waals surface area contributed by atoms with Gasteiger partial charge in [-0.3, -0.25) is 0 Å². The molecule has 2 nitrogen and oxygen atoms in total. The molecule has 13 heavy (non-hydrogen) atoms. The van der Waals surface area contributed by atoms with Crippen molar-refractivity contribution in [2.45, 2.75) is 33.1 Å². The summed E-state index contributed by atoms with van der Waals surface area (Å²) in [5.41, 5.74) is 0.634. The SMILES string of the molecule is CCCC/C=C\C=C(/C)C(=O)OC. The molecule has 0 aliphatic carbocycles. The maximum absolute atomic E-state index is 10.9. The van der Waals surface area contributed by atoms with E-state index in [1.54, 1.807) is 13.0 Å². The van der Waals surface area contributed by atoms with Gasteiger partial charge in [0.15, 0.2) is 0 Å². The van der Waals surface area contributed by atoms with Gasteiger partial charge >= 0.3 is 5.97 Å². The number of methoxy groups -OCH3 is 1. The lowest BCUT2D eigenvalue weighted by Crippen LogP contribution is -2.00. The van der Waals surface area contributed by atoms with Gasteiger partial charge in [0, 0.05) is 5.57 Å². The topological polar surface area (TPSA) is 26.3 Å². The number of carbonyl (C=O) groups excluding carboxylic acids is 1. The first-order chi connectivity index (χ1) is 6.22. The summed E-state index contributed by atoms with van der Waals surface area (Å²) < 4.78 is 4.55. The van der Waals surface area contributed by atoms with Crippen molar-refractivity contribution < 1.29 is 9.53 Å². The Hall–Kier alpha value is -1.05. The number of hydrogen-bond acceptors (Lipinski definition) is 2. The predicted molar refractivity (Wildman–Crippen MR) is 54.4 cm³/mol. The fourth-order valence-electron chi connectivity index (χ4n) is 0.860. The molecule has 0 unspecified atom stereocenters. The average Bonchev–Trinajstić information content (AvgIpc) is 2.16. The second-order valence-corrected chi connectivity index (χ2v) is 2.91. The number of ether oxygens (including phenoxy) is 1. The molecule has 0 heterocycles. The highest BCUT2D eigenvalue weighted by atomic mass is 16.5. The second-order valence-electron chi connectivity index (χ2n) is 2.91. The minimum Gasteiger partial charge on any atom is -0.466 e. The molecule has 0 saturated carbocycles. The molecule has 0 radical (unpaired) electrons. The second kappa shape index (κ2) is 7.59. The lowest BCUT2D eigenvalue weighted by molar-refractivity contribution is -0.136. The first-order valence-electron chi connectivity index (χ1n) is 4.64. The zero-order chi connectivity index (χ0) is 10.1. The molecule has 0 amide bonds. The number of carbonyl (C=O) groups is 1. The van der Waals surface area contributed by atoms with Crippen LogP contribution in [0.1, 0.15) is 33.1 Å². The molecule has 0 bridgehead atoms. The van der Waals surface area contributed by atoms with Crippen molar-refractivity contribution in [2.24, 2.45) is 0 Å². The summed E-state index contributed by atoms with van der Waals surface area (Å²) in [5.74, 6) is -0.264. The summed E-state index contributed by atoms with van der Waals surface area (Å²) >= 11 is 0. The summed E-state index contributed by atoms with van der Waals surface area (Å²) in [6, 6.07) is 0. The third-order valence-corrected chi connectivity index (χ3v) is 1.71. The smallest absolute Gasteiger partial charge is 0.333 e. The molecule has 0 rings (SSSR count). The van der Waals surface area contributed by atoms with E-state index in [1.807, 2.05) is 6.08 Å². The number of esters is 1. The minimum absolute atomic E-state index is 0.264. The van der Waals surface area contributed by atoms with E-state index in [1.165, 1.54) is 20.0 Å². The number of unbranched alkanes of at least 4 members (excludes halogenated alkanes) is 2. The molecule has 0 aliphatic heterocycles. The Bertz CT molecular complexity index is 202. The molecule has 0 saturated heterocycles. The van der Waals surface area contributed by atoms with E-state index in [2.05, 4.69) is 17.7 Å². The van der Waals surface area contributed by atoms with E-state index >= 15 is 0 Å². The van der Waals surface area contributed by atoms with Gasteiger partial charge in [0.25, 0.3) is 0 Å². The van der Waals surface area contributed by atoms with Crippen LogP contribution >= 0.6 is 0 Å². The van der Waals surface area contributed by atoms with Gasteiger partial charge in [-0.1, -0.05) is 38.0 Å². The quantitative estimate of drug-likeness (QED) is 0.283. The van der Waals surface area contributed by atoms with E-state index in [4.69, 9.17) is 0 Å². The Morgan fingerprint density at radius 1 is 1.46 bits per heavy atom. The molecule has 0 N–H and O–H groups in total. The van der Waals surface area contributed by atoms with E-state index in [9.17, 15) is 4.79 Å². The van der Waals surface area contributed by atoms with Crippen molar-refractivity contribution in [3.05, 3.63) is 23.8 Å². The maximum Gasteiger partial charge on any atom is 0.333 e. The van der Waals surface area contributed by atoms with Crippen LogP contribution in [0, 0.1) is 0 Å². The first kappa shape index (κ1) is 11.9. The van der Waals surface area contributed by atoms with E-state index < -0.39 is 0 Å². The highest BCUT2D eigenvalue weighted by Gasteiger charge is 1.99. The van der Waals surface area contributed by atoms with Gasteiger partial charge in [0.2, 0.25) is 0 Å². The van der Waals surface area contributed by atoms with Gasteiger partial charge in [-0.15, -0.1) is 0 Å². The monoisotopic (exact) mass is 182 g/mol. The van der Waals surface area contributed by atoms with Crippen molar-refractivity contribution in [3.63, 3.8) is 0 Å². The molecule has 0 atom stereocenters. The summed E-state index contributed by atoms with van der Waals surface area (Å²) in [6.45, 7) is 3.90. The summed E-state index contributed by atoms with van der Waals surface area (Å²) in [7, 11) is 1.39. The zero-order valence-corrected chi connectivity index (χ0v) is 8.67. The van der Waals surface area contributed by atoms with Crippen molar-refractivity contribution in [2.75, 3.05) is 7.11 Å². The van der Waals surface area contributed by atoms with Gasteiger partial charge in [-0.25, -0.2) is 4.79 Å². The number of allylic oxidation sites excluding steroid dienone is 3. The highest BCUT2D eigenvalue weighted by Crippen LogP contribution is 1.98. The van der Waals surface area contributed by atoms with E-state index in [0.717, 1.165) is 6.42 Å². The number of rotatable bonds is 5. The largest absolute Gasteiger partial charge is 0.466 e. The van der Waals surface area contributed by atoms with Crippen molar-refractivity contribution >= 4 is 5.97 Å². The fourth-order valence-corrected chi connectivity index (χ4v) is 0.860. The lowest BCUT2D eigenvalue weighted by Gasteiger charge is -1.95. The molecule has 0 fully saturated rings. The highest BCUT2D eigenvalue weighted by molar-refractivity contribution is 5.87. The Kier molecular flexibility index (Phi) is 6.98. The average molecular weight is 182 g/mol. The Balaban J connectivity index is 3.82. The molecule has 0 aromatic heterocycles. The molecule has 0 spiro atoms. The Morgan fingerprint density at radius 2 is 2.15 bits per heavy atom. The van der Waals surface area contributed by atoms with Crippen LogP contribution in [-0.2, 0) is 9.53 Å². The van der Waals surface area contributed by atoms with Gasteiger partial charge < -0.3 is 4.74 Å². The van der Waals surface area contributed by atoms with E-state index in [0.29, 0.717) is 5.57 Å². The lowest BCUT2D eigenvalue weighted by atomic mass is 10.2. The van der Waals surface area contributed by atoms with Crippen LogP contribution in [0.15, 0.2) is 23.8 Å². The number of hydrogen-bond donors (Lipinski definition) is 0. The van der Waals surface area contributed by atoms with E-state index in [-0.39, 0.29) is 5.97 Å². The van der Waals surface area contributed by atoms with Crippen LogP contribution in [0.2, 0.25) is 0 Å². The molecule has 2 heteroatoms. The Morgan fingerprint density at radius 3 is 2.69 bits per heavy atom. The summed E-state index contributed by atoms with van der Waals surface area (Å²) in [4.78, 5) is 10.9. The third kappa shape index (κ3) is 6.14. The molecular weight excluding hydrogens is 164 g/mol. The van der Waals surface area contributed by atoms with Crippen LogP contribution in [0.5, 0.6) is 0 Å². The molecule has 0 aromatic rings. The summed E-state index contributed by atoms with van der Waals surface area (Å²) in [6.07, 6.45) is 9.21. The molecule has 0 aromatic carbocycles. The van der Waals surface area contributed by atoms with Gasteiger partial charge in [-0.2, -0.15) is 0 Å². The van der Waals surface area contributed by atoms with Gasteiger partial charge in [0.05, 0.1) is 7.11 Å². The van der Waals surface area contributed by atoms with Crippen LogP contribution in [0.4, 0.5) is 0 Å². The van der Waals surface area contributed by atoms with Crippen molar-refractivity contribution in [3.8, 4) is 0 Å². The first-order valence-corrected chi connectivity index (χ1v) is 4.64. The molecular formula is C11H18O2. The predicted octanol–water partition coefficient (Wildman–Crippen LogP) is 2.85. The summed E-state index contributed by atoms with van der Waals surface area (Å²) in [5, 5.41) is 0. The minimum atomic E-state index is -0.264. The fraction of sp³-hybridized carbons (Fsp3) is 0.545.